The highest BCUT2D eigenvalue weighted by atomic mass is 16.7. The van der Waals surface area contributed by atoms with Crippen LogP contribution in [-0.2, 0) is 4.79 Å². The van der Waals surface area contributed by atoms with Gasteiger partial charge in [0, 0.05) is 5.92 Å². The summed E-state index contributed by atoms with van der Waals surface area (Å²) in [6, 6.07) is 6.73. The van der Waals surface area contributed by atoms with E-state index in [1.54, 1.807) is 18.2 Å². The molecule has 5 heteroatoms. The third-order valence-corrected chi connectivity index (χ3v) is 3.09. The molecule has 1 fully saturated rings. The van der Waals surface area contributed by atoms with Crippen molar-refractivity contribution in [3.05, 3.63) is 23.8 Å². The lowest BCUT2D eigenvalue weighted by Gasteiger charge is -2.12. The van der Waals surface area contributed by atoms with Gasteiger partial charge in [-0.2, -0.15) is 5.26 Å². The third-order valence-electron chi connectivity index (χ3n) is 3.09. The van der Waals surface area contributed by atoms with Gasteiger partial charge in [-0.25, -0.2) is 0 Å². The minimum absolute atomic E-state index is 0.0424. The van der Waals surface area contributed by atoms with Crippen LogP contribution in [0.1, 0.15) is 24.4 Å². The number of fused-ring (bicyclic) bond motifs is 1. The molecule has 0 saturated heterocycles. The van der Waals surface area contributed by atoms with Gasteiger partial charge in [0.1, 0.15) is 6.04 Å². The fourth-order valence-electron chi connectivity index (χ4n) is 1.89. The van der Waals surface area contributed by atoms with Gasteiger partial charge in [0.05, 0.1) is 6.07 Å². The highest BCUT2D eigenvalue weighted by Gasteiger charge is 2.31. The summed E-state index contributed by atoms with van der Waals surface area (Å²) in [5.74, 6) is 1.34. The summed E-state index contributed by atoms with van der Waals surface area (Å²) in [7, 11) is 0. The molecule has 5 nitrogen and oxygen atoms in total. The number of carbonyl (C=O) groups is 1. The first-order valence-corrected chi connectivity index (χ1v) is 5.87. The maximum absolute atomic E-state index is 11.7. The minimum Gasteiger partial charge on any atom is -0.454 e. The van der Waals surface area contributed by atoms with E-state index in [1.165, 1.54) is 0 Å². The average molecular weight is 244 g/mol. The first-order chi connectivity index (χ1) is 8.78. The zero-order valence-electron chi connectivity index (χ0n) is 9.68. The van der Waals surface area contributed by atoms with E-state index >= 15 is 0 Å². The molecule has 1 saturated carbocycles. The molecule has 1 heterocycles. The summed E-state index contributed by atoms with van der Waals surface area (Å²) in [5, 5.41) is 11.9. The zero-order chi connectivity index (χ0) is 12.5. The largest absolute Gasteiger partial charge is 0.454 e. The van der Waals surface area contributed by atoms with Crippen molar-refractivity contribution in [3.63, 3.8) is 0 Å². The van der Waals surface area contributed by atoms with Gasteiger partial charge in [-0.3, -0.25) is 4.79 Å². The van der Waals surface area contributed by atoms with Gasteiger partial charge < -0.3 is 14.8 Å². The van der Waals surface area contributed by atoms with Crippen LogP contribution in [0.25, 0.3) is 0 Å². The second-order valence-electron chi connectivity index (χ2n) is 4.46. The van der Waals surface area contributed by atoms with Crippen molar-refractivity contribution in [1.82, 2.24) is 5.32 Å². The van der Waals surface area contributed by atoms with Crippen LogP contribution in [0.2, 0.25) is 0 Å². The Morgan fingerprint density at radius 2 is 2.17 bits per heavy atom. The van der Waals surface area contributed by atoms with E-state index in [0.717, 1.165) is 18.4 Å². The van der Waals surface area contributed by atoms with E-state index < -0.39 is 6.04 Å². The lowest BCUT2D eigenvalue weighted by atomic mass is 10.1. The van der Waals surface area contributed by atoms with Gasteiger partial charge in [-0.15, -0.1) is 0 Å². The second kappa shape index (κ2) is 4.22. The van der Waals surface area contributed by atoms with E-state index in [1.807, 2.05) is 0 Å². The van der Waals surface area contributed by atoms with Crippen LogP contribution in [0.4, 0.5) is 0 Å². The molecule has 0 aromatic heterocycles. The lowest BCUT2D eigenvalue weighted by Crippen LogP contribution is -2.28. The maximum Gasteiger partial charge on any atom is 0.231 e. The van der Waals surface area contributed by atoms with Gasteiger partial charge in [0.15, 0.2) is 11.5 Å². The summed E-state index contributed by atoms with van der Waals surface area (Å²) in [6.45, 7) is 0.199. The Morgan fingerprint density at radius 3 is 2.89 bits per heavy atom. The molecule has 3 rings (SSSR count). The van der Waals surface area contributed by atoms with Crippen molar-refractivity contribution < 1.29 is 14.3 Å². The van der Waals surface area contributed by atoms with Crippen LogP contribution in [-0.4, -0.2) is 12.7 Å². The van der Waals surface area contributed by atoms with Crippen LogP contribution in [0.5, 0.6) is 11.5 Å². The number of benzene rings is 1. The molecule has 2 aliphatic rings. The first kappa shape index (κ1) is 10.9. The normalized spacial score (nSPS) is 17.9. The number of rotatable bonds is 3. The van der Waals surface area contributed by atoms with E-state index in [4.69, 9.17) is 14.7 Å². The Hall–Kier alpha value is -2.22. The summed E-state index contributed by atoms with van der Waals surface area (Å²) in [4.78, 5) is 11.7. The molecule has 0 unspecified atom stereocenters. The Labute approximate surface area is 104 Å². The summed E-state index contributed by atoms with van der Waals surface area (Å²) in [5.41, 5.74) is 0.718. The Bertz CT molecular complexity index is 532. The summed E-state index contributed by atoms with van der Waals surface area (Å²) >= 11 is 0. The second-order valence-corrected chi connectivity index (χ2v) is 4.46. The van der Waals surface area contributed by atoms with Crippen LogP contribution in [0, 0.1) is 17.2 Å². The van der Waals surface area contributed by atoms with Gasteiger partial charge in [-0.1, -0.05) is 6.07 Å². The van der Waals surface area contributed by atoms with Crippen LogP contribution >= 0.6 is 0 Å². The smallest absolute Gasteiger partial charge is 0.231 e. The van der Waals surface area contributed by atoms with Crippen molar-refractivity contribution in [3.8, 4) is 17.6 Å². The van der Waals surface area contributed by atoms with E-state index in [-0.39, 0.29) is 18.6 Å². The lowest BCUT2D eigenvalue weighted by molar-refractivity contribution is -0.122. The highest BCUT2D eigenvalue weighted by Crippen LogP contribution is 2.35. The van der Waals surface area contributed by atoms with Crippen molar-refractivity contribution in [1.29, 1.82) is 5.26 Å². The predicted molar refractivity (Wildman–Crippen MR) is 61.8 cm³/mol. The van der Waals surface area contributed by atoms with E-state index in [2.05, 4.69) is 11.4 Å². The van der Waals surface area contributed by atoms with Gasteiger partial charge >= 0.3 is 0 Å². The molecule has 1 aliphatic heterocycles. The molecule has 1 aromatic rings. The minimum atomic E-state index is -0.632. The predicted octanol–water partition coefficient (Wildman–Crippen LogP) is 1.51. The third kappa shape index (κ3) is 1.97. The van der Waals surface area contributed by atoms with Crippen LogP contribution < -0.4 is 14.8 Å². The molecule has 92 valence electrons. The number of nitrogens with one attached hydrogen (secondary N) is 1. The average Bonchev–Trinajstić information content (AvgIpc) is 3.14. The van der Waals surface area contributed by atoms with E-state index in [9.17, 15) is 4.79 Å². The van der Waals surface area contributed by atoms with Crippen molar-refractivity contribution in [2.24, 2.45) is 5.92 Å². The quantitative estimate of drug-likeness (QED) is 0.874. The number of nitrogens with zero attached hydrogens (tertiary/aromatic N) is 1. The molecule has 0 radical (unpaired) electrons. The SMILES string of the molecule is N#C[C@H](NC(=O)C1CC1)c1ccc2c(c1)OCO2. The molecule has 18 heavy (non-hydrogen) atoms. The molecule has 1 atom stereocenters. The molecule has 1 N–H and O–H groups in total. The van der Waals surface area contributed by atoms with Crippen molar-refractivity contribution in [2.45, 2.75) is 18.9 Å². The molecule has 1 amide bonds. The number of carbonyl (C=O) groups excluding carboxylic acids is 1. The number of ether oxygens (including phenoxy) is 2. The van der Waals surface area contributed by atoms with E-state index in [0.29, 0.717) is 11.5 Å². The number of nitriles is 1. The molecular weight excluding hydrogens is 232 g/mol. The molecule has 1 aliphatic carbocycles. The highest BCUT2D eigenvalue weighted by molar-refractivity contribution is 5.81. The fourth-order valence-corrected chi connectivity index (χ4v) is 1.89. The number of amides is 1. The Balaban J connectivity index is 1.78. The fraction of sp³-hybridized carbons (Fsp3) is 0.385. The van der Waals surface area contributed by atoms with Gasteiger partial charge in [0.2, 0.25) is 12.7 Å². The Morgan fingerprint density at radius 1 is 1.39 bits per heavy atom. The summed E-state index contributed by atoms with van der Waals surface area (Å²) in [6.07, 6.45) is 1.84. The maximum atomic E-state index is 11.7. The topological polar surface area (TPSA) is 71.4 Å². The molecule has 1 aromatic carbocycles. The van der Waals surface area contributed by atoms with Gasteiger partial charge in [0.25, 0.3) is 0 Å². The molecule has 0 bridgehead atoms. The van der Waals surface area contributed by atoms with Crippen LogP contribution in [0.3, 0.4) is 0 Å². The number of hydrogen-bond acceptors (Lipinski definition) is 4. The van der Waals surface area contributed by atoms with Crippen molar-refractivity contribution >= 4 is 5.91 Å². The zero-order valence-corrected chi connectivity index (χ0v) is 9.68. The monoisotopic (exact) mass is 244 g/mol. The summed E-state index contributed by atoms with van der Waals surface area (Å²) < 4.78 is 10.5. The van der Waals surface area contributed by atoms with Crippen LogP contribution in [0.15, 0.2) is 18.2 Å². The van der Waals surface area contributed by atoms with Crippen molar-refractivity contribution in [2.75, 3.05) is 6.79 Å². The number of hydrogen-bond donors (Lipinski definition) is 1. The standard InChI is InChI=1S/C13H12N2O3/c14-6-10(15-13(16)8-1-2-8)9-3-4-11-12(5-9)18-7-17-11/h3-5,8,10H,1-2,7H2,(H,15,16)/t10-/m0/s1. The van der Waals surface area contributed by atoms with Gasteiger partial charge in [-0.05, 0) is 30.5 Å². The molecule has 0 spiro atoms. The molecular formula is C13H12N2O3. The first-order valence-electron chi connectivity index (χ1n) is 5.87. The Kier molecular flexibility index (Phi) is 2.56.